The van der Waals surface area contributed by atoms with Crippen LogP contribution in [-0.4, -0.2) is 29.0 Å². The maximum Gasteiger partial charge on any atom is 0.254 e. The zero-order valence-electron chi connectivity index (χ0n) is 10.4. The van der Waals surface area contributed by atoms with Crippen molar-refractivity contribution >= 4 is 27.7 Å². The van der Waals surface area contributed by atoms with Gasteiger partial charge in [0.2, 0.25) is 0 Å². The molecule has 0 saturated heterocycles. The third-order valence-electron chi connectivity index (χ3n) is 2.45. The lowest BCUT2D eigenvalue weighted by atomic mass is 10.2. The number of nitrogens with zero attached hydrogens (tertiary/aromatic N) is 2. The molecule has 0 atom stereocenters. The average Bonchev–Trinajstić information content (AvgIpc) is 2.47. The van der Waals surface area contributed by atoms with Crippen LogP contribution in [-0.2, 0) is 0 Å². The van der Waals surface area contributed by atoms with E-state index < -0.39 is 11.7 Å². The number of halogens is 2. The number of anilines is 1. The Kier molecular flexibility index (Phi) is 5.00. The molecule has 0 bridgehead atoms. The van der Waals surface area contributed by atoms with Crippen LogP contribution in [0.3, 0.4) is 0 Å². The van der Waals surface area contributed by atoms with Gasteiger partial charge in [-0.1, -0.05) is 15.9 Å². The van der Waals surface area contributed by atoms with E-state index in [9.17, 15) is 9.18 Å². The van der Waals surface area contributed by atoms with Gasteiger partial charge in [-0.3, -0.25) is 9.78 Å². The summed E-state index contributed by atoms with van der Waals surface area (Å²) in [4.78, 5) is 19.7. The van der Waals surface area contributed by atoms with Crippen LogP contribution >= 0.6 is 15.9 Å². The van der Waals surface area contributed by atoms with E-state index in [0.29, 0.717) is 23.4 Å². The Hall–Kier alpha value is -2.02. The monoisotopic (exact) mass is 338 g/mol. The number of carbonyl (C=O) groups is 1. The SMILES string of the molecule is O=C(NCCNc1cnccn1)c1cc(Br)ccc1F. The van der Waals surface area contributed by atoms with E-state index >= 15 is 0 Å². The van der Waals surface area contributed by atoms with Crippen molar-refractivity contribution in [3.8, 4) is 0 Å². The minimum Gasteiger partial charge on any atom is -0.367 e. The van der Waals surface area contributed by atoms with E-state index in [0.717, 1.165) is 0 Å². The van der Waals surface area contributed by atoms with Gasteiger partial charge in [0.15, 0.2) is 0 Å². The van der Waals surface area contributed by atoms with Crippen molar-refractivity contribution in [2.75, 3.05) is 18.4 Å². The fraction of sp³-hybridized carbons (Fsp3) is 0.154. The first kappa shape index (κ1) is 14.4. The van der Waals surface area contributed by atoms with Gasteiger partial charge in [0.25, 0.3) is 5.91 Å². The van der Waals surface area contributed by atoms with Crippen molar-refractivity contribution in [1.29, 1.82) is 0 Å². The highest BCUT2D eigenvalue weighted by molar-refractivity contribution is 9.10. The molecule has 20 heavy (non-hydrogen) atoms. The van der Waals surface area contributed by atoms with Gasteiger partial charge >= 0.3 is 0 Å². The Morgan fingerprint density at radius 2 is 2.15 bits per heavy atom. The number of nitrogens with one attached hydrogen (secondary N) is 2. The maximum atomic E-state index is 13.5. The van der Waals surface area contributed by atoms with Gasteiger partial charge in [-0.2, -0.15) is 0 Å². The van der Waals surface area contributed by atoms with E-state index in [-0.39, 0.29) is 5.56 Å². The fourth-order valence-corrected chi connectivity index (χ4v) is 1.88. The van der Waals surface area contributed by atoms with Crippen LogP contribution in [0.5, 0.6) is 0 Å². The molecule has 0 unspecified atom stereocenters. The number of amides is 1. The number of hydrogen-bond acceptors (Lipinski definition) is 4. The molecule has 0 aliphatic carbocycles. The molecular formula is C13H12BrFN4O. The first-order valence-electron chi connectivity index (χ1n) is 5.90. The average molecular weight is 339 g/mol. The van der Waals surface area contributed by atoms with E-state index in [4.69, 9.17) is 0 Å². The number of aromatic nitrogens is 2. The molecule has 1 heterocycles. The Balaban J connectivity index is 1.82. The third-order valence-corrected chi connectivity index (χ3v) is 2.95. The Labute approximate surface area is 123 Å². The Morgan fingerprint density at radius 1 is 1.30 bits per heavy atom. The molecule has 0 aliphatic rings. The van der Waals surface area contributed by atoms with E-state index in [1.807, 2.05) is 0 Å². The summed E-state index contributed by atoms with van der Waals surface area (Å²) in [5.74, 6) is -0.382. The van der Waals surface area contributed by atoms with Gasteiger partial charge in [-0.25, -0.2) is 9.37 Å². The summed E-state index contributed by atoms with van der Waals surface area (Å²) in [5, 5.41) is 5.61. The largest absolute Gasteiger partial charge is 0.367 e. The minimum absolute atomic E-state index is 0.0128. The van der Waals surface area contributed by atoms with E-state index in [1.54, 1.807) is 24.7 Å². The molecular weight excluding hydrogens is 327 g/mol. The highest BCUT2D eigenvalue weighted by Gasteiger charge is 2.11. The van der Waals surface area contributed by atoms with Crippen molar-refractivity contribution in [3.63, 3.8) is 0 Å². The van der Waals surface area contributed by atoms with Gasteiger partial charge in [0, 0.05) is 30.0 Å². The number of hydrogen-bond donors (Lipinski definition) is 2. The van der Waals surface area contributed by atoms with Crippen LogP contribution in [0.25, 0.3) is 0 Å². The summed E-state index contributed by atoms with van der Waals surface area (Å²) in [6.45, 7) is 0.821. The number of rotatable bonds is 5. The van der Waals surface area contributed by atoms with E-state index in [1.165, 1.54) is 12.1 Å². The number of carbonyl (C=O) groups excluding carboxylic acids is 1. The van der Waals surface area contributed by atoms with Crippen LogP contribution in [0.2, 0.25) is 0 Å². The summed E-state index contributed by atoms with van der Waals surface area (Å²) in [7, 11) is 0. The second kappa shape index (κ2) is 6.95. The summed E-state index contributed by atoms with van der Waals surface area (Å²) in [6.07, 6.45) is 4.72. The van der Waals surface area contributed by atoms with Crippen LogP contribution < -0.4 is 10.6 Å². The van der Waals surface area contributed by atoms with Crippen LogP contribution in [0.1, 0.15) is 10.4 Å². The first-order valence-corrected chi connectivity index (χ1v) is 6.69. The maximum absolute atomic E-state index is 13.5. The van der Waals surface area contributed by atoms with Crippen molar-refractivity contribution in [2.45, 2.75) is 0 Å². The molecule has 1 amide bonds. The van der Waals surface area contributed by atoms with Crippen molar-refractivity contribution in [2.24, 2.45) is 0 Å². The van der Waals surface area contributed by atoms with Crippen molar-refractivity contribution < 1.29 is 9.18 Å². The molecule has 2 N–H and O–H groups in total. The predicted octanol–water partition coefficient (Wildman–Crippen LogP) is 2.22. The standard InChI is InChI=1S/C13H12BrFN4O/c14-9-1-2-11(15)10(7-9)13(20)19-6-5-18-12-8-16-3-4-17-12/h1-4,7-8H,5-6H2,(H,17,18)(H,19,20). The van der Waals surface area contributed by atoms with Crippen LogP contribution in [0.15, 0.2) is 41.3 Å². The van der Waals surface area contributed by atoms with Crippen molar-refractivity contribution in [3.05, 3.63) is 52.6 Å². The summed E-state index contributed by atoms with van der Waals surface area (Å²) < 4.78 is 14.1. The molecule has 0 aliphatic heterocycles. The lowest BCUT2D eigenvalue weighted by molar-refractivity contribution is 0.0951. The first-order chi connectivity index (χ1) is 9.66. The van der Waals surface area contributed by atoms with Gasteiger partial charge in [0.05, 0.1) is 11.8 Å². The molecule has 1 aromatic carbocycles. The molecule has 2 rings (SSSR count). The second-order valence-electron chi connectivity index (χ2n) is 3.90. The zero-order valence-corrected chi connectivity index (χ0v) is 12.0. The lowest BCUT2D eigenvalue weighted by Gasteiger charge is -2.08. The Morgan fingerprint density at radius 3 is 2.90 bits per heavy atom. The molecule has 7 heteroatoms. The molecule has 0 fully saturated rings. The quantitative estimate of drug-likeness (QED) is 0.820. The van der Waals surface area contributed by atoms with Gasteiger partial charge in [-0.15, -0.1) is 0 Å². The summed E-state index contributed by atoms with van der Waals surface area (Å²) in [6, 6.07) is 4.24. The fourth-order valence-electron chi connectivity index (χ4n) is 1.52. The third kappa shape index (κ3) is 3.99. The highest BCUT2D eigenvalue weighted by atomic mass is 79.9. The highest BCUT2D eigenvalue weighted by Crippen LogP contribution is 2.15. The predicted molar refractivity (Wildman–Crippen MR) is 77.0 cm³/mol. The van der Waals surface area contributed by atoms with E-state index in [2.05, 4.69) is 36.5 Å². The molecule has 5 nitrogen and oxygen atoms in total. The molecule has 0 radical (unpaired) electrons. The van der Waals surface area contributed by atoms with Gasteiger partial charge in [-0.05, 0) is 18.2 Å². The summed E-state index contributed by atoms with van der Waals surface area (Å²) >= 11 is 3.20. The van der Waals surface area contributed by atoms with Crippen LogP contribution in [0, 0.1) is 5.82 Å². The smallest absolute Gasteiger partial charge is 0.254 e. The topological polar surface area (TPSA) is 66.9 Å². The van der Waals surface area contributed by atoms with Gasteiger partial charge in [0.1, 0.15) is 11.6 Å². The van der Waals surface area contributed by atoms with Crippen molar-refractivity contribution in [1.82, 2.24) is 15.3 Å². The zero-order chi connectivity index (χ0) is 14.4. The second-order valence-corrected chi connectivity index (χ2v) is 4.81. The van der Waals surface area contributed by atoms with Crippen LogP contribution in [0.4, 0.5) is 10.2 Å². The molecule has 104 valence electrons. The molecule has 2 aromatic rings. The molecule has 0 spiro atoms. The lowest BCUT2D eigenvalue weighted by Crippen LogP contribution is -2.29. The molecule has 0 saturated carbocycles. The normalized spacial score (nSPS) is 10.1. The Bertz CT molecular complexity index is 594. The molecule has 1 aromatic heterocycles. The minimum atomic E-state index is -0.549. The summed E-state index contributed by atoms with van der Waals surface area (Å²) in [5.41, 5.74) is 0.0128. The van der Waals surface area contributed by atoms with Gasteiger partial charge < -0.3 is 10.6 Å². The number of benzene rings is 1.